The largest absolute Gasteiger partial charge is 0.494 e. The Morgan fingerprint density at radius 3 is 2.79 bits per heavy atom. The highest BCUT2D eigenvalue weighted by atomic mass is 16.5. The third-order valence-electron chi connectivity index (χ3n) is 3.30. The van der Waals surface area contributed by atoms with Crippen LogP contribution in [0, 0.1) is 0 Å². The summed E-state index contributed by atoms with van der Waals surface area (Å²) < 4.78 is 7.79. The van der Waals surface area contributed by atoms with Crippen molar-refractivity contribution in [2.75, 3.05) is 13.2 Å². The number of rotatable bonds is 6. The van der Waals surface area contributed by atoms with Crippen LogP contribution in [0.1, 0.15) is 26.3 Å². The van der Waals surface area contributed by atoms with Gasteiger partial charge in [-0.1, -0.05) is 13.8 Å². The lowest BCUT2D eigenvalue weighted by Crippen LogP contribution is -2.24. The minimum Gasteiger partial charge on any atom is -0.494 e. The molecule has 1 aromatic heterocycles. The topological polar surface area (TPSA) is 26.2 Å². The summed E-state index contributed by atoms with van der Waals surface area (Å²) in [5.41, 5.74) is 2.65. The molecule has 2 rings (SSSR count). The molecule has 0 aliphatic rings. The van der Waals surface area contributed by atoms with Gasteiger partial charge in [0.1, 0.15) is 5.75 Å². The maximum Gasteiger partial charge on any atom is 0.120 e. The van der Waals surface area contributed by atoms with Gasteiger partial charge < -0.3 is 14.6 Å². The number of hydrogen-bond acceptors (Lipinski definition) is 2. The predicted molar refractivity (Wildman–Crippen MR) is 80.9 cm³/mol. The van der Waals surface area contributed by atoms with Crippen LogP contribution in [-0.4, -0.2) is 23.8 Å². The molecule has 1 N–H and O–H groups in total. The zero-order valence-electron chi connectivity index (χ0n) is 12.4. The van der Waals surface area contributed by atoms with E-state index in [0.29, 0.717) is 12.6 Å². The molecule has 1 heterocycles. The van der Waals surface area contributed by atoms with Crippen molar-refractivity contribution in [2.24, 2.45) is 7.05 Å². The molecule has 0 atom stereocenters. The van der Waals surface area contributed by atoms with E-state index in [2.05, 4.69) is 49.1 Å². The number of benzene rings is 1. The lowest BCUT2D eigenvalue weighted by molar-refractivity contribution is 0.340. The Balaban J connectivity index is 2.24. The number of nitrogens with one attached hydrogen (secondary N) is 1. The fourth-order valence-electron chi connectivity index (χ4n) is 2.40. The first kappa shape index (κ1) is 13.9. The lowest BCUT2D eigenvalue weighted by Gasteiger charge is -2.07. The Bertz CT molecular complexity index is 543. The van der Waals surface area contributed by atoms with Gasteiger partial charge in [0, 0.05) is 30.2 Å². The number of aromatic nitrogens is 1. The molecule has 1 aromatic carbocycles. The van der Waals surface area contributed by atoms with Crippen molar-refractivity contribution in [1.29, 1.82) is 0 Å². The maximum atomic E-state index is 5.60. The highest BCUT2D eigenvalue weighted by Crippen LogP contribution is 2.25. The zero-order valence-corrected chi connectivity index (χ0v) is 12.4. The Labute approximate surface area is 115 Å². The molecule has 3 heteroatoms. The summed E-state index contributed by atoms with van der Waals surface area (Å²) in [5, 5.41) is 4.77. The van der Waals surface area contributed by atoms with Gasteiger partial charge in [0.2, 0.25) is 0 Å². The third-order valence-corrected chi connectivity index (χ3v) is 3.30. The minimum atomic E-state index is 0.536. The highest BCUT2D eigenvalue weighted by molar-refractivity contribution is 5.85. The van der Waals surface area contributed by atoms with Gasteiger partial charge in [-0.2, -0.15) is 0 Å². The van der Waals surface area contributed by atoms with Crippen LogP contribution >= 0.6 is 0 Å². The molecule has 0 radical (unpaired) electrons. The predicted octanol–water partition coefficient (Wildman–Crippen LogP) is 3.12. The van der Waals surface area contributed by atoms with Crippen LogP contribution < -0.4 is 10.1 Å². The van der Waals surface area contributed by atoms with Gasteiger partial charge in [-0.25, -0.2) is 0 Å². The van der Waals surface area contributed by atoms with Crippen LogP contribution in [0.3, 0.4) is 0 Å². The average Bonchev–Trinajstić information content (AvgIpc) is 2.66. The monoisotopic (exact) mass is 260 g/mol. The van der Waals surface area contributed by atoms with E-state index < -0.39 is 0 Å². The molecule has 104 valence electrons. The summed E-state index contributed by atoms with van der Waals surface area (Å²) in [6, 6.07) is 6.87. The van der Waals surface area contributed by atoms with Gasteiger partial charge in [-0.15, -0.1) is 0 Å². The van der Waals surface area contributed by atoms with Crippen molar-refractivity contribution in [3.63, 3.8) is 0 Å². The molecule has 19 heavy (non-hydrogen) atoms. The van der Waals surface area contributed by atoms with E-state index in [1.807, 2.05) is 13.0 Å². The molecule has 3 nitrogen and oxygen atoms in total. The van der Waals surface area contributed by atoms with Gasteiger partial charge in [0.25, 0.3) is 0 Å². The summed E-state index contributed by atoms with van der Waals surface area (Å²) in [7, 11) is 2.10. The van der Waals surface area contributed by atoms with E-state index in [1.54, 1.807) is 0 Å². The molecule has 0 spiro atoms. The first-order valence-corrected chi connectivity index (χ1v) is 7.06. The van der Waals surface area contributed by atoms with Crippen molar-refractivity contribution in [3.05, 3.63) is 30.0 Å². The Morgan fingerprint density at radius 2 is 2.11 bits per heavy atom. The summed E-state index contributed by atoms with van der Waals surface area (Å²) in [5.74, 6) is 0.958. The van der Waals surface area contributed by atoms with Gasteiger partial charge >= 0.3 is 0 Å². The summed E-state index contributed by atoms with van der Waals surface area (Å²) in [4.78, 5) is 0. The standard InChI is InChI=1S/C16H24N2O/c1-5-19-14-6-7-16-15(10-14)13(11-18(16)4)8-9-17-12(2)3/h6-7,10-12,17H,5,8-9H2,1-4H3. The molecular weight excluding hydrogens is 236 g/mol. The van der Waals surface area contributed by atoms with Crippen LogP contribution in [0.25, 0.3) is 10.9 Å². The van der Waals surface area contributed by atoms with Gasteiger partial charge in [0.05, 0.1) is 6.61 Å². The molecule has 0 aliphatic heterocycles. The van der Waals surface area contributed by atoms with Crippen molar-refractivity contribution >= 4 is 10.9 Å². The van der Waals surface area contributed by atoms with E-state index in [4.69, 9.17) is 4.74 Å². The number of aryl methyl sites for hydroxylation is 1. The van der Waals surface area contributed by atoms with Crippen molar-refractivity contribution < 1.29 is 4.74 Å². The van der Waals surface area contributed by atoms with Crippen LogP contribution in [0.2, 0.25) is 0 Å². The first-order valence-electron chi connectivity index (χ1n) is 7.06. The quantitative estimate of drug-likeness (QED) is 0.863. The molecular formula is C16H24N2O. The smallest absolute Gasteiger partial charge is 0.120 e. The molecule has 0 unspecified atom stereocenters. The minimum absolute atomic E-state index is 0.536. The average molecular weight is 260 g/mol. The maximum absolute atomic E-state index is 5.60. The van der Waals surface area contributed by atoms with Crippen molar-refractivity contribution in [3.8, 4) is 5.75 Å². The van der Waals surface area contributed by atoms with E-state index >= 15 is 0 Å². The number of hydrogen-bond donors (Lipinski definition) is 1. The third kappa shape index (κ3) is 3.29. The zero-order chi connectivity index (χ0) is 13.8. The molecule has 0 fully saturated rings. The van der Waals surface area contributed by atoms with E-state index in [9.17, 15) is 0 Å². The first-order chi connectivity index (χ1) is 9.11. The van der Waals surface area contributed by atoms with Gasteiger partial charge in [-0.3, -0.25) is 0 Å². The Hall–Kier alpha value is -1.48. The number of nitrogens with zero attached hydrogens (tertiary/aromatic N) is 1. The second kappa shape index (κ2) is 6.11. The normalized spacial score (nSPS) is 11.4. The number of fused-ring (bicyclic) bond motifs is 1. The van der Waals surface area contributed by atoms with E-state index in [1.165, 1.54) is 16.5 Å². The SMILES string of the molecule is CCOc1ccc2c(c1)c(CCNC(C)C)cn2C. The Morgan fingerprint density at radius 1 is 1.32 bits per heavy atom. The van der Waals surface area contributed by atoms with Crippen LogP contribution in [-0.2, 0) is 13.5 Å². The molecule has 0 amide bonds. The van der Waals surface area contributed by atoms with Crippen molar-refractivity contribution in [2.45, 2.75) is 33.2 Å². The molecule has 0 saturated heterocycles. The number of ether oxygens (including phenoxy) is 1. The van der Waals surface area contributed by atoms with E-state index in [-0.39, 0.29) is 0 Å². The summed E-state index contributed by atoms with van der Waals surface area (Å²) in [6.07, 6.45) is 3.27. The fourth-order valence-corrected chi connectivity index (χ4v) is 2.40. The van der Waals surface area contributed by atoms with Gasteiger partial charge in [-0.05, 0) is 43.7 Å². The lowest BCUT2D eigenvalue weighted by atomic mass is 10.1. The fraction of sp³-hybridized carbons (Fsp3) is 0.500. The molecule has 0 saturated carbocycles. The molecule has 0 bridgehead atoms. The second-order valence-corrected chi connectivity index (χ2v) is 5.24. The highest BCUT2D eigenvalue weighted by Gasteiger charge is 2.08. The van der Waals surface area contributed by atoms with Crippen LogP contribution in [0.5, 0.6) is 5.75 Å². The van der Waals surface area contributed by atoms with Crippen LogP contribution in [0.4, 0.5) is 0 Å². The molecule has 2 aromatic rings. The molecule has 0 aliphatic carbocycles. The van der Waals surface area contributed by atoms with Crippen LogP contribution in [0.15, 0.2) is 24.4 Å². The summed E-state index contributed by atoms with van der Waals surface area (Å²) >= 11 is 0. The van der Waals surface area contributed by atoms with Gasteiger partial charge in [0.15, 0.2) is 0 Å². The second-order valence-electron chi connectivity index (χ2n) is 5.24. The summed E-state index contributed by atoms with van der Waals surface area (Å²) in [6.45, 7) is 8.09. The Kier molecular flexibility index (Phi) is 4.48. The van der Waals surface area contributed by atoms with E-state index in [0.717, 1.165) is 18.7 Å². The van der Waals surface area contributed by atoms with Crippen molar-refractivity contribution in [1.82, 2.24) is 9.88 Å².